The maximum atomic E-state index is 15.2. The maximum Gasteiger partial charge on any atom is 0.226 e. The van der Waals surface area contributed by atoms with E-state index in [4.69, 9.17) is 14.2 Å². The average Bonchev–Trinajstić information content (AvgIpc) is 3.35. The van der Waals surface area contributed by atoms with Gasteiger partial charge in [-0.25, -0.2) is 9.07 Å². The third-order valence-electron chi connectivity index (χ3n) is 6.24. The molecule has 2 atom stereocenters. The second kappa shape index (κ2) is 7.91. The highest BCUT2D eigenvalue weighted by molar-refractivity contribution is 5.85. The second-order valence-corrected chi connectivity index (χ2v) is 8.01. The number of para-hydroxylation sites is 1. The van der Waals surface area contributed by atoms with Crippen LogP contribution in [0, 0.1) is 5.82 Å². The molecule has 1 N–H and O–H groups in total. The third-order valence-corrected chi connectivity index (χ3v) is 6.24. The van der Waals surface area contributed by atoms with E-state index in [0.717, 1.165) is 22.4 Å². The Bertz CT molecular complexity index is 1430. The first-order chi connectivity index (χ1) is 16.7. The van der Waals surface area contributed by atoms with Crippen molar-refractivity contribution >= 4 is 11.6 Å². The van der Waals surface area contributed by atoms with Gasteiger partial charge in [-0.15, -0.1) is 0 Å². The number of aromatic nitrogens is 3. The van der Waals surface area contributed by atoms with E-state index in [1.165, 1.54) is 12.4 Å². The summed E-state index contributed by atoms with van der Waals surface area (Å²) in [6, 6.07) is 19.4. The summed E-state index contributed by atoms with van der Waals surface area (Å²) in [6.07, 6.45) is 0.854. The summed E-state index contributed by atoms with van der Waals surface area (Å²) in [7, 11) is 3.22. The summed E-state index contributed by atoms with van der Waals surface area (Å²) in [6.45, 7) is 0. The summed E-state index contributed by atoms with van der Waals surface area (Å²) in [5.74, 6) is 2.18. The van der Waals surface area contributed by atoms with Crippen LogP contribution in [0.2, 0.25) is 0 Å². The first-order valence-electron chi connectivity index (χ1n) is 10.8. The molecule has 2 aliphatic rings. The van der Waals surface area contributed by atoms with E-state index < -0.39 is 12.1 Å². The van der Waals surface area contributed by atoms with Crippen LogP contribution in [0.5, 0.6) is 17.2 Å². The van der Waals surface area contributed by atoms with Crippen LogP contribution in [0.3, 0.4) is 0 Å². The van der Waals surface area contributed by atoms with Crippen LogP contribution in [-0.4, -0.2) is 29.0 Å². The minimum atomic E-state index is -0.607. The summed E-state index contributed by atoms with van der Waals surface area (Å²) in [5.41, 5.74) is 3.71. The van der Waals surface area contributed by atoms with Crippen molar-refractivity contribution < 1.29 is 18.6 Å². The molecule has 1 aromatic heterocycles. The molecule has 0 fully saturated rings. The molecular weight excluding hydrogens is 435 g/mol. The fourth-order valence-electron chi connectivity index (χ4n) is 4.72. The molecule has 6 rings (SSSR count). The molecular formula is C26H21FN4O3. The SMILES string of the molecule is COc1ccc(OC)c([C@@H]2Oc3ccccc3C3=C2[C@H](c2ccccc2F)n2ncnc2N3)c1. The summed E-state index contributed by atoms with van der Waals surface area (Å²) in [4.78, 5) is 4.38. The quantitative estimate of drug-likeness (QED) is 0.466. The number of fused-ring (bicyclic) bond motifs is 3. The van der Waals surface area contributed by atoms with E-state index in [9.17, 15) is 0 Å². The summed E-state index contributed by atoms with van der Waals surface area (Å²) in [5, 5.41) is 7.85. The normalized spacial score (nSPS) is 18.2. The van der Waals surface area contributed by atoms with E-state index in [-0.39, 0.29) is 5.82 Å². The first-order valence-corrected chi connectivity index (χ1v) is 10.8. The monoisotopic (exact) mass is 456 g/mol. The molecule has 0 bridgehead atoms. The minimum absolute atomic E-state index is 0.335. The lowest BCUT2D eigenvalue weighted by Gasteiger charge is -2.39. The van der Waals surface area contributed by atoms with E-state index in [1.807, 2.05) is 48.5 Å². The van der Waals surface area contributed by atoms with Crippen molar-refractivity contribution in [1.29, 1.82) is 0 Å². The van der Waals surface area contributed by atoms with Gasteiger partial charge in [-0.2, -0.15) is 10.1 Å². The zero-order valence-corrected chi connectivity index (χ0v) is 18.5. The number of anilines is 1. The van der Waals surface area contributed by atoms with Crippen LogP contribution in [0.1, 0.15) is 28.8 Å². The Labute approximate surface area is 195 Å². The Balaban J connectivity index is 1.66. The number of methoxy groups -OCH3 is 2. The molecule has 7 nitrogen and oxygen atoms in total. The van der Waals surface area contributed by atoms with Crippen molar-refractivity contribution in [1.82, 2.24) is 14.8 Å². The predicted molar refractivity (Wildman–Crippen MR) is 124 cm³/mol. The lowest BCUT2D eigenvalue weighted by atomic mass is 9.84. The molecule has 34 heavy (non-hydrogen) atoms. The van der Waals surface area contributed by atoms with E-state index in [1.54, 1.807) is 31.0 Å². The minimum Gasteiger partial charge on any atom is -0.497 e. The molecule has 0 unspecified atom stereocenters. The molecule has 3 aromatic carbocycles. The smallest absolute Gasteiger partial charge is 0.226 e. The lowest BCUT2D eigenvalue weighted by molar-refractivity contribution is 0.216. The molecule has 2 aliphatic heterocycles. The highest BCUT2D eigenvalue weighted by atomic mass is 19.1. The van der Waals surface area contributed by atoms with Crippen molar-refractivity contribution in [2.45, 2.75) is 12.1 Å². The zero-order valence-electron chi connectivity index (χ0n) is 18.5. The van der Waals surface area contributed by atoms with Gasteiger partial charge in [0, 0.05) is 22.3 Å². The molecule has 0 spiro atoms. The zero-order chi connectivity index (χ0) is 23.2. The van der Waals surface area contributed by atoms with Gasteiger partial charge in [0.15, 0.2) is 6.10 Å². The fourth-order valence-corrected chi connectivity index (χ4v) is 4.72. The molecule has 0 saturated carbocycles. The van der Waals surface area contributed by atoms with E-state index >= 15 is 4.39 Å². The topological polar surface area (TPSA) is 70.4 Å². The van der Waals surface area contributed by atoms with Gasteiger partial charge >= 0.3 is 0 Å². The number of halogens is 1. The number of nitrogens with one attached hydrogen (secondary N) is 1. The Kier molecular flexibility index (Phi) is 4.72. The third kappa shape index (κ3) is 3.02. The van der Waals surface area contributed by atoms with Crippen molar-refractivity contribution in [3.8, 4) is 17.2 Å². The van der Waals surface area contributed by atoms with Gasteiger partial charge < -0.3 is 19.5 Å². The van der Waals surface area contributed by atoms with Crippen LogP contribution in [-0.2, 0) is 0 Å². The summed E-state index contributed by atoms with van der Waals surface area (Å²) >= 11 is 0. The standard InChI is InChI=1S/C26H21FN4O3/c1-32-15-11-12-20(33-2)18(13-15)25-22-23(17-8-4-6-10-21(17)34-25)30-26-28-14-29-31(26)24(22)16-7-3-5-9-19(16)27/h3-14,24-25H,1-2H3,(H,28,29,30)/t24-,25-/m0/s1. The average molecular weight is 456 g/mol. The van der Waals surface area contributed by atoms with Crippen LogP contribution >= 0.6 is 0 Å². The lowest BCUT2D eigenvalue weighted by Crippen LogP contribution is -2.33. The van der Waals surface area contributed by atoms with Gasteiger partial charge in [0.1, 0.15) is 35.4 Å². The largest absolute Gasteiger partial charge is 0.497 e. The molecule has 0 radical (unpaired) electrons. The van der Waals surface area contributed by atoms with Gasteiger partial charge in [0.05, 0.1) is 19.9 Å². The molecule has 0 saturated heterocycles. The van der Waals surface area contributed by atoms with Crippen LogP contribution in [0.25, 0.3) is 5.70 Å². The van der Waals surface area contributed by atoms with Crippen molar-refractivity contribution in [3.05, 3.63) is 101 Å². The molecule has 170 valence electrons. The number of hydrogen-bond acceptors (Lipinski definition) is 6. The van der Waals surface area contributed by atoms with Gasteiger partial charge in [-0.05, 0) is 36.4 Å². The van der Waals surface area contributed by atoms with Crippen LogP contribution in [0.4, 0.5) is 10.3 Å². The Morgan fingerprint density at radius 2 is 1.79 bits per heavy atom. The Morgan fingerprint density at radius 3 is 2.62 bits per heavy atom. The highest BCUT2D eigenvalue weighted by Crippen LogP contribution is 2.52. The molecule has 0 aliphatic carbocycles. The summed E-state index contributed by atoms with van der Waals surface area (Å²) < 4.78 is 34.7. The molecule has 0 amide bonds. The van der Waals surface area contributed by atoms with Gasteiger partial charge in [-0.3, -0.25) is 0 Å². The van der Waals surface area contributed by atoms with Crippen LogP contribution in [0.15, 0.2) is 78.6 Å². The molecule has 8 heteroatoms. The number of rotatable bonds is 4. The second-order valence-electron chi connectivity index (χ2n) is 8.01. The number of ether oxygens (including phenoxy) is 3. The predicted octanol–water partition coefficient (Wildman–Crippen LogP) is 4.99. The van der Waals surface area contributed by atoms with Gasteiger partial charge in [0.2, 0.25) is 5.95 Å². The molecule has 4 aromatic rings. The van der Waals surface area contributed by atoms with Gasteiger partial charge in [-0.1, -0.05) is 30.3 Å². The van der Waals surface area contributed by atoms with Crippen molar-refractivity contribution in [3.63, 3.8) is 0 Å². The number of hydrogen-bond donors (Lipinski definition) is 1. The Morgan fingerprint density at radius 1 is 0.971 bits per heavy atom. The van der Waals surface area contributed by atoms with E-state index in [0.29, 0.717) is 28.8 Å². The van der Waals surface area contributed by atoms with Crippen molar-refractivity contribution in [2.24, 2.45) is 0 Å². The highest BCUT2D eigenvalue weighted by Gasteiger charge is 2.42. The van der Waals surface area contributed by atoms with Crippen molar-refractivity contribution in [2.75, 3.05) is 19.5 Å². The molecule has 3 heterocycles. The van der Waals surface area contributed by atoms with E-state index in [2.05, 4.69) is 15.4 Å². The first kappa shape index (κ1) is 20.3. The number of benzene rings is 3. The number of nitrogens with zero attached hydrogens (tertiary/aromatic N) is 3. The van der Waals surface area contributed by atoms with Gasteiger partial charge in [0.25, 0.3) is 0 Å². The fraction of sp³-hybridized carbons (Fsp3) is 0.154. The maximum absolute atomic E-state index is 15.2. The Hall–Kier alpha value is -4.33. The van der Waals surface area contributed by atoms with Crippen LogP contribution < -0.4 is 19.5 Å².